The van der Waals surface area contributed by atoms with Gasteiger partial charge in [0, 0.05) is 24.9 Å². The summed E-state index contributed by atoms with van der Waals surface area (Å²) in [6.07, 6.45) is 7.52. The third-order valence-electron chi connectivity index (χ3n) is 4.22. The number of rotatable bonds is 7. The monoisotopic (exact) mass is 373 g/mol. The summed E-state index contributed by atoms with van der Waals surface area (Å²) in [4.78, 5) is 6.13. The van der Waals surface area contributed by atoms with Crippen LogP contribution in [-0.2, 0) is 0 Å². The van der Waals surface area contributed by atoms with Crippen LogP contribution >= 0.6 is 0 Å². The van der Waals surface area contributed by atoms with E-state index in [2.05, 4.69) is 36.5 Å². The lowest BCUT2D eigenvalue weighted by Crippen LogP contribution is -2.36. The molecule has 5 heteroatoms. The maximum atomic E-state index is 12.2. The highest BCUT2D eigenvalue weighted by atomic mass is 19.1. The van der Waals surface area contributed by atoms with Gasteiger partial charge in [0.05, 0.1) is 12.8 Å². The Balaban J connectivity index is 0.000000309. The number of ether oxygens (including phenoxy) is 1. The first-order valence-electron chi connectivity index (χ1n) is 9.29. The van der Waals surface area contributed by atoms with Gasteiger partial charge in [0.1, 0.15) is 5.82 Å². The Hall–Kier alpha value is -2.40. The summed E-state index contributed by atoms with van der Waals surface area (Å²) in [7, 11) is 0. The van der Waals surface area contributed by atoms with Gasteiger partial charge in [0.25, 0.3) is 0 Å². The van der Waals surface area contributed by atoms with Gasteiger partial charge in [-0.2, -0.15) is 0 Å². The van der Waals surface area contributed by atoms with Crippen molar-refractivity contribution in [2.24, 2.45) is 11.7 Å². The number of hydrogen-bond acceptors (Lipinski definition) is 4. The molecule has 1 aliphatic rings. The molecule has 0 aromatic carbocycles. The van der Waals surface area contributed by atoms with Gasteiger partial charge in [-0.05, 0) is 49.4 Å². The van der Waals surface area contributed by atoms with Gasteiger partial charge in [-0.3, -0.25) is 4.90 Å². The van der Waals surface area contributed by atoms with Crippen LogP contribution in [0.4, 0.5) is 4.39 Å². The Morgan fingerprint density at radius 3 is 2.70 bits per heavy atom. The van der Waals surface area contributed by atoms with Crippen molar-refractivity contribution >= 4 is 0 Å². The third kappa shape index (κ3) is 8.69. The van der Waals surface area contributed by atoms with E-state index in [0.29, 0.717) is 18.2 Å². The second-order valence-electron chi connectivity index (χ2n) is 6.66. The molecule has 0 radical (unpaired) electrons. The average molecular weight is 374 g/mol. The van der Waals surface area contributed by atoms with E-state index in [-0.39, 0.29) is 5.82 Å². The van der Waals surface area contributed by atoms with Gasteiger partial charge in [-0.1, -0.05) is 38.8 Å². The van der Waals surface area contributed by atoms with E-state index in [1.165, 1.54) is 25.0 Å². The van der Waals surface area contributed by atoms with Crippen LogP contribution in [0.25, 0.3) is 0 Å². The standard InChI is InChI=1S/C15H24N2.C7H8FNO/c1-5-7-15(13(3)14(4)16)11-17-9-6-8-12(2)10-17;1-2-10-7-4-3-6(8)5-9-7/h5,7,12H,1,3-4,6,8-11,16H2,2H3;3-5H,2H2,1H3/b15-7-;. The first kappa shape index (κ1) is 22.6. The molecule has 0 saturated carbocycles. The minimum absolute atomic E-state index is 0.344. The molecule has 1 saturated heterocycles. The summed E-state index contributed by atoms with van der Waals surface area (Å²) in [5, 5.41) is 0. The quantitative estimate of drug-likeness (QED) is 0.716. The number of piperidine rings is 1. The van der Waals surface area contributed by atoms with E-state index in [1.807, 2.05) is 13.0 Å². The van der Waals surface area contributed by atoms with Crippen LogP contribution in [0.5, 0.6) is 5.88 Å². The Kier molecular flexibility index (Phi) is 10.1. The molecule has 4 nitrogen and oxygen atoms in total. The Morgan fingerprint density at radius 2 is 2.19 bits per heavy atom. The number of pyridine rings is 1. The molecule has 2 rings (SSSR count). The van der Waals surface area contributed by atoms with Crippen molar-refractivity contribution in [1.29, 1.82) is 0 Å². The first-order valence-corrected chi connectivity index (χ1v) is 9.29. The van der Waals surface area contributed by atoms with Gasteiger partial charge in [-0.15, -0.1) is 0 Å². The van der Waals surface area contributed by atoms with Crippen molar-refractivity contribution in [3.05, 3.63) is 72.9 Å². The highest BCUT2D eigenvalue weighted by Gasteiger charge is 2.17. The molecule has 27 heavy (non-hydrogen) atoms. The lowest BCUT2D eigenvalue weighted by molar-refractivity contribution is 0.198. The Bertz CT molecular complexity index is 652. The molecule has 0 amide bonds. The number of aromatic nitrogens is 1. The predicted molar refractivity (Wildman–Crippen MR) is 111 cm³/mol. The van der Waals surface area contributed by atoms with Gasteiger partial charge in [0.15, 0.2) is 0 Å². The number of likely N-dealkylation sites (tertiary alicyclic amines) is 1. The smallest absolute Gasteiger partial charge is 0.213 e. The summed E-state index contributed by atoms with van der Waals surface area (Å²) in [5.74, 6) is 0.899. The topological polar surface area (TPSA) is 51.4 Å². The van der Waals surface area contributed by atoms with Crippen LogP contribution in [-0.4, -0.2) is 36.1 Å². The molecule has 2 heterocycles. The molecule has 0 aliphatic carbocycles. The fraction of sp³-hybridized carbons (Fsp3) is 0.409. The fourth-order valence-electron chi connectivity index (χ4n) is 2.86. The normalized spacial score (nSPS) is 17.4. The van der Waals surface area contributed by atoms with Crippen molar-refractivity contribution in [3.8, 4) is 5.88 Å². The van der Waals surface area contributed by atoms with Crippen LogP contribution in [0.1, 0.15) is 26.7 Å². The number of nitrogens with zero attached hydrogens (tertiary/aromatic N) is 2. The molecule has 1 unspecified atom stereocenters. The van der Waals surface area contributed by atoms with E-state index in [1.54, 1.807) is 6.08 Å². The summed E-state index contributed by atoms with van der Waals surface area (Å²) in [5.41, 5.74) is 8.22. The zero-order chi connectivity index (χ0) is 20.2. The van der Waals surface area contributed by atoms with Crippen LogP contribution in [0.15, 0.2) is 67.1 Å². The van der Waals surface area contributed by atoms with E-state index < -0.39 is 0 Å². The van der Waals surface area contributed by atoms with Crippen molar-refractivity contribution in [1.82, 2.24) is 9.88 Å². The molecular weight excluding hydrogens is 341 g/mol. The van der Waals surface area contributed by atoms with E-state index in [9.17, 15) is 4.39 Å². The zero-order valence-corrected chi connectivity index (χ0v) is 16.6. The van der Waals surface area contributed by atoms with Gasteiger partial charge < -0.3 is 10.5 Å². The molecule has 0 spiro atoms. The highest BCUT2D eigenvalue weighted by molar-refractivity contribution is 5.43. The van der Waals surface area contributed by atoms with Crippen LogP contribution in [0.3, 0.4) is 0 Å². The van der Waals surface area contributed by atoms with Gasteiger partial charge in [-0.25, -0.2) is 9.37 Å². The molecule has 1 aromatic heterocycles. The molecule has 2 N–H and O–H groups in total. The zero-order valence-electron chi connectivity index (χ0n) is 16.6. The lowest BCUT2D eigenvalue weighted by atomic mass is 9.98. The summed E-state index contributed by atoms with van der Waals surface area (Å²) < 4.78 is 17.2. The molecule has 1 aliphatic heterocycles. The predicted octanol–water partition coefficient (Wildman–Crippen LogP) is 4.48. The van der Waals surface area contributed by atoms with E-state index >= 15 is 0 Å². The van der Waals surface area contributed by atoms with Crippen molar-refractivity contribution in [2.75, 3.05) is 26.2 Å². The first-order chi connectivity index (χ1) is 12.9. The van der Waals surface area contributed by atoms with Crippen molar-refractivity contribution in [2.45, 2.75) is 26.7 Å². The SMILES string of the molecule is C=C/C=C(/CN1CCCC(C)C1)C(=C)C(=C)N.CCOc1ccc(F)cn1. The summed E-state index contributed by atoms with van der Waals surface area (Å²) in [6.45, 7) is 19.4. The van der Waals surface area contributed by atoms with Gasteiger partial charge >= 0.3 is 0 Å². The van der Waals surface area contributed by atoms with Crippen LogP contribution in [0, 0.1) is 11.7 Å². The van der Waals surface area contributed by atoms with Crippen LogP contribution < -0.4 is 10.5 Å². The Morgan fingerprint density at radius 1 is 1.44 bits per heavy atom. The second kappa shape index (κ2) is 12.1. The highest BCUT2D eigenvalue weighted by Crippen LogP contribution is 2.20. The summed E-state index contributed by atoms with van der Waals surface area (Å²) in [6, 6.07) is 2.82. The molecule has 0 bridgehead atoms. The third-order valence-corrected chi connectivity index (χ3v) is 4.22. The number of halogens is 1. The average Bonchev–Trinajstić information content (AvgIpc) is 2.63. The molecule has 1 aromatic rings. The number of nitrogens with two attached hydrogens (primary N) is 1. The molecular formula is C22H32FN3O. The van der Waals surface area contributed by atoms with Crippen molar-refractivity contribution < 1.29 is 9.13 Å². The second-order valence-corrected chi connectivity index (χ2v) is 6.66. The Labute approximate surface area is 162 Å². The maximum absolute atomic E-state index is 12.2. The van der Waals surface area contributed by atoms with Gasteiger partial charge in [0.2, 0.25) is 5.88 Å². The van der Waals surface area contributed by atoms with Crippen molar-refractivity contribution in [3.63, 3.8) is 0 Å². The lowest BCUT2D eigenvalue weighted by Gasteiger charge is -2.31. The minimum atomic E-state index is -0.344. The minimum Gasteiger partial charge on any atom is -0.478 e. The molecule has 148 valence electrons. The summed E-state index contributed by atoms with van der Waals surface area (Å²) >= 11 is 0. The largest absolute Gasteiger partial charge is 0.478 e. The van der Waals surface area contributed by atoms with Crippen LogP contribution in [0.2, 0.25) is 0 Å². The van der Waals surface area contributed by atoms with E-state index in [4.69, 9.17) is 10.5 Å². The maximum Gasteiger partial charge on any atom is 0.213 e. The van der Waals surface area contributed by atoms with E-state index in [0.717, 1.165) is 42.9 Å². The molecule has 1 atom stereocenters. The number of allylic oxidation sites excluding steroid dienone is 3. The fourth-order valence-corrected chi connectivity index (χ4v) is 2.86. The molecule has 1 fully saturated rings. The number of hydrogen-bond donors (Lipinski definition) is 1.